The topological polar surface area (TPSA) is 62.2 Å². The van der Waals surface area contributed by atoms with Crippen molar-refractivity contribution in [2.24, 2.45) is 0 Å². The lowest BCUT2D eigenvalue weighted by molar-refractivity contribution is 0.0697. The second-order valence-corrected chi connectivity index (χ2v) is 4.89. The fourth-order valence-electron chi connectivity index (χ4n) is 1.58. The molecule has 0 aliphatic heterocycles. The molecule has 5 heteroatoms. The molecule has 2 aromatic heterocycles. The number of rotatable bonds is 6. The van der Waals surface area contributed by atoms with Crippen LogP contribution in [-0.4, -0.2) is 22.6 Å². The largest absolute Gasteiger partial charge is 0.478 e. The van der Waals surface area contributed by atoms with E-state index in [4.69, 9.17) is 5.11 Å². The second-order valence-electron chi connectivity index (χ2n) is 3.89. The van der Waals surface area contributed by atoms with Crippen molar-refractivity contribution in [2.45, 2.75) is 13.0 Å². The minimum Gasteiger partial charge on any atom is -0.478 e. The standard InChI is InChI=1S/C13H14N2O2S/c16-13(17)11-6-12(18-9-11)8-15-5-3-10-2-1-4-14-7-10/h1-2,4,6-7,9,15H,3,5,8H2,(H,16,17). The van der Waals surface area contributed by atoms with Gasteiger partial charge in [0.05, 0.1) is 5.56 Å². The van der Waals surface area contributed by atoms with Crippen LogP contribution >= 0.6 is 11.3 Å². The number of aromatic nitrogens is 1. The van der Waals surface area contributed by atoms with Crippen molar-refractivity contribution in [3.8, 4) is 0 Å². The van der Waals surface area contributed by atoms with E-state index in [2.05, 4.69) is 10.3 Å². The maximum absolute atomic E-state index is 10.7. The summed E-state index contributed by atoms with van der Waals surface area (Å²) in [5.74, 6) is -0.868. The monoisotopic (exact) mass is 262 g/mol. The molecule has 0 atom stereocenters. The van der Waals surface area contributed by atoms with Crippen LogP contribution in [0.2, 0.25) is 0 Å². The number of carbonyl (C=O) groups is 1. The highest BCUT2D eigenvalue weighted by Crippen LogP contribution is 2.14. The Hall–Kier alpha value is -1.72. The first kappa shape index (κ1) is 12.7. The van der Waals surface area contributed by atoms with E-state index < -0.39 is 5.97 Å². The first-order chi connectivity index (χ1) is 8.75. The zero-order valence-corrected chi connectivity index (χ0v) is 10.6. The van der Waals surface area contributed by atoms with Gasteiger partial charge in [-0.2, -0.15) is 0 Å². The first-order valence-corrected chi connectivity index (χ1v) is 6.54. The summed E-state index contributed by atoms with van der Waals surface area (Å²) in [6, 6.07) is 5.68. The zero-order chi connectivity index (χ0) is 12.8. The van der Waals surface area contributed by atoms with E-state index in [-0.39, 0.29) is 0 Å². The van der Waals surface area contributed by atoms with Crippen molar-refractivity contribution in [1.82, 2.24) is 10.3 Å². The molecule has 0 aliphatic carbocycles. The lowest BCUT2D eigenvalue weighted by Crippen LogP contribution is -2.16. The van der Waals surface area contributed by atoms with Gasteiger partial charge < -0.3 is 10.4 Å². The summed E-state index contributed by atoms with van der Waals surface area (Å²) >= 11 is 1.47. The molecule has 0 amide bonds. The predicted octanol–water partition coefficient (Wildman–Crippen LogP) is 2.17. The van der Waals surface area contributed by atoms with Gasteiger partial charge in [0.2, 0.25) is 0 Å². The molecule has 2 heterocycles. The van der Waals surface area contributed by atoms with Crippen LogP contribution in [0.4, 0.5) is 0 Å². The number of nitrogens with one attached hydrogen (secondary N) is 1. The minimum atomic E-state index is -0.868. The highest BCUT2D eigenvalue weighted by Gasteiger charge is 2.05. The Kier molecular flexibility index (Phi) is 4.44. The van der Waals surface area contributed by atoms with Gasteiger partial charge in [-0.15, -0.1) is 11.3 Å². The van der Waals surface area contributed by atoms with Crippen LogP contribution in [0.1, 0.15) is 20.8 Å². The molecular weight excluding hydrogens is 248 g/mol. The third kappa shape index (κ3) is 3.65. The van der Waals surface area contributed by atoms with Gasteiger partial charge in [0.1, 0.15) is 0 Å². The molecule has 0 bridgehead atoms. The van der Waals surface area contributed by atoms with Crippen molar-refractivity contribution in [2.75, 3.05) is 6.54 Å². The van der Waals surface area contributed by atoms with E-state index in [1.54, 1.807) is 17.6 Å². The number of hydrogen-bond donors (Lipinski definition) is 2. The summed E-state index contributed by atoms with van der Waals surface area (Å²) in [6.45, 7) is 1.56. The predicted molar refractivity (Wildman–Crippen MR) is 70.9 cm³/mol. The minimum absolute atomic E-state index is 0.365. The zero-order valence-electron chi connectivity index (χ0n) is 9.80. The Balaban J connectivity index is 1.73. The van der Waals surface area contributed by atoms with Crippen LogP contribution in [0.3, 0.4) is 0 Å². The SMILES string of the molecule is O=C(O)c1csc(CNCCc2cccnc2)c1. The van der Waals surface area contributed by atoms with E-state index >= 15 is 0 Å². The van der Waals surface area contributed by atoms with E-state index in [0.717, 1.165) is 17.8 Å². The second kappa shape index (κ2) is 6.28. The normalized spacial score (nSPS) is 10.4. The van der Waals surface area contributed by atoms with E-state index in [1.807, 2.05) is 18.3 Å². The first-order valence-electron chi connectivity index (χ1n) is 5.66. The Morgan fingerprint density at radius 2 is 2.39 bits per heavy atom. The molecule has 2 N–H and O–H groups in total. The molecule has 2 rings (SSSR count). The highest BCUT2D eigenvalue weighted by molar-refractivity contribution is 7.10. The van der Waals surface area contributed by atoms with Crippen molar-refractivity contribution in [3.63, 3.8) is 0 Å². The van der Waals surface area contributed by atoms with E-state index in [1.165, 1.54) is 16.9 Å². The summed E-state index contributed by atoms with van der Waals surface area (Å²) in [6.07, 6.45) is 4.54. The summed E-state index contributed by atoms with van der Waals surface area (Å²) in [5.41, 5.74) is 1.56. The third-order valence-electron chi connectivity index (χ3n) is 2.51. The van der Waals surface area contributed by atoms with Crippen molar-refractivity contribution in [1.29, 1.82) is 0 Å². The van der Waals surface area contributed by atoms with Crippen LogP contribution in [0.25, 0.3) is 0 Å². The van der Waals surface area contributed by atoms with Crippen molar-refractivity contribution in [3.05, 3.63) is 52.0 Å². The molecule has 2 aromatic rings. The van der Waals surface area contributed by atoms with Gasteiger partial charge in [-0.05, 0) is 30.7 Å². The molecule has 0 fully saturated rings. The van der Waals surface area contributed by atoms with Gasteiger partial charge in [0.15, 0.2) is 0 Å². The molecule has 94 valence electrons. The van der Waals surface area contributed by atoms with Gasteiger partial charge in [-0.3, -0.25) is 4.98 Å². The maximum atomic E-state index is 10.7. The number of pyridine rings is 1. The number of hydrogen-bond acceptors (Lipinski definition) is 4. The molecule has 0 aromatic carbocycles. The van der Waals surface area contributed by atoms with Gasteiger partial charge in [-0.25, -0.2) is 4.79 Å². The summed E-state index contributed by atoms with van der Waals surface area (Å²) in [5, 5.41) is 13.8. The molecular formula is C13H14N2O2S. The molecule has 0 unspecified atom stereocenters. The van der Waals surface area contributed by atoms with Gasteiger partial charge in [0, 0.05) is 29.2 Å². The van der Waals surface area contributed by atoms with Crippen LogP contribution in [0, 0.1) is 0 Å². The molecule has 0 spiro atoms. The summed E-state index contributed by atoms with van der Waals surface area (Å²) in [4.78, 5) is 15.8. The van der Waals surface area contributed by atoms with Crippen LogP contribution in [0.5, 0.6) is 0 Å². The fourth-order valence-corrected chi connectivity index (χ4v) is 2.40. The van der Waals surface area contributed by atoms with Gasteiger partial charge in [0.25, 0.3) is 0 Å². The van der Waals surface area contributed by atoms with E-state index in [0.29, 0.717) is 12.1 Å². The number of carboxylic acid groups (broad SMARTS) is 1. The van der Waals surface area contributed by atoms with Crippen molar-refractivity contribution < 1.29 is 9.90 Å². The number of thiophene rings is 1. The van der Waals surface area contributed by atoms with Crippen molar-refractivity contribution >= 4 is 17.3 Å². The van der Waals surface area contributed by atoms with Crippen LogP contribution in [0.15, 0.2) is 36.0 Å². The number of aromatic carboxylic acids is 1. The highest BCUT2D eigenvalue weighted by atomic mass is 32.1. The Labute approximate surface area is 109 Å². The smallest absolute Gasteiger partial charge is 0.336 e. The average molecular weight is 262 g/mol. The average Bonchev–Trinajstić information content (AvgIpc) is 2.85. The molecule has 0 aliphatic rings. The summed E-state index contributed by atoms with van der Waals surface area (Å²) in [7, 11) is 0. The molecule has 0 radical (unpaired) electrons. The molecule has 0 saturated carbocycles. The summed E-state index contributed by atoms with van der Waals surface area (Å²) < 4.78 is 0. The molecule has 4 nitrogen and oxygen atoms in total. The molecule has 18 heavy (non-hydrogen) atoms. The quantitative estimate of drug-likeness (QED) is 0.783. The lowest BCUT2D eigenvalue weighted by atomic mass is 10.2. The Morgan fingerprint density at radius 1 is 1.50 bits per heavy atom. The number of carboxylic acids is 1. The maximum Gasteiger partial charge on any atom is 0.336 e. The lowest BCUT2D eigenvalue weighted by Gasteiger charge is -2.02. The van der Waals surface area contributed by atoms with Gasteiger partial charge >= 0.3 is 5.97 Å². The Bertz CT molecular complexity index is 511. The molecule has 0 saturated heterocycles. The fraction of sp³-hybridized carbons (Fsp3) is 0.231. The van der Waals surface area contributed by atoms with Crippen LogP contribution < -0.4 is 5.32 Å². The Morgan fingerprint density at radius 3 is 3.06 bits per heavy atom. The van der Waals surface area contributed by atoms with E-state index in [9.17, 15) is 4.79 Å². The van der Waals surface area contributed by atoms with Crippen LogP contribution in [-0.2, 0) is 13.0 Å². The third-order valence-corrected chi connectivity index (χ3v) is 3.45. The number of nitrogens with zero attached hydrogens (tertiary/aromatic N) is 1. The van der Waals surface area contributed by atoms with Gasteiger partial charge in [-0.1, -0.05) is 6.07 Å².